The fourth-order valence-electron chi connectivity index (χ4n) is 1.91. The third-order valence-corrected chi connectivity index (χ3v) is 4.70. The first kappa shape index (κ1) is 13.0. The highest BCUT2D eigenvalue weighted by Gasteiger charge is 2.12. The number of aromatic nitrogens is 1. The van der Waals surface area contributed by atoms with Crippen molar-refractivity contribution in [1.82, 2.24) is 4.98 Å². The van der Waals surface area contributed by atoms with Crippen molar-refractivity contribution < 1.29 is 9.90 Å². The van der Waals surface area contributed by atoms with E-state index in [4.69, 9.17) is 5.11 Å². The van der Waals surface area contributed by atoms with Gasteiger partial charge in [0.25, 0.3) is 0 Å². The lowest BCUT2D eigenvalue weighted by Gasteiger charge is -1.99. The minimum atomic E-state index is -0.841. The van der Waals surface area contributed by atoms with Crippen LogP contribution in [0.15, 0.2) is 41.8 Å². The van der Waals surface area contributed by atoms with E-state index in [1.165, 1.54) is 11.3 Å². The quantitative estimate of drug-likeness (QED) is 0.778. The van der Waals surface area contributed by atoms with E-state index in [1.807, 2.05) is 47.9 Å². The number of rotatable bonds is 4. The lowest BCUT2D eigenvalue weighted by molar-refractivity contribution is -0.135. The Morgan fingerprint density at radius 1 is 1.25 bits per heavy atom. The molecule has 0 aliphatic rings. The minimum absolute atomic E-state index is 0.0161. The molecule has 5 heteroatoms. The maximum atomic E-state index is 11.1. The van der Waals surface area contributed by atoms with Gasteiger partial charge in [-0.1, -0.05) is 18.2 Å². The van der Waals surface area contributed by atoms with Crippen LogP contribution < -0.4 is 0 Å². The predicted octanol–water partition coefficient (Wildman–Crippen LogP) is 4.37. The highest BCUT2D eigenvalue weighted by molar-refractivity contribution is 7.19. The maximum Gasteiger partial charge on any atom is 0.307 e. The second kappa shape index (κ2) is 5.56. The molecule has 0 amide bonds. The van der Waals surface area contributed by atoms with Crippen LogP contribution in [0.25, 0.3) is 21.9 Å². The van der Waals surface area contributed by atoms with Crippen molar-refractivity contribution >= 4 is 50.5 Å². The van der Waals surface area contributed by atoms with Crippen LogP contribution in [0.4, 0.5) is 0 Å². The Morgan fingerprint density at radius 3 is 2.80 bits per heavy atom. The van der Waals surface area contributed by atoms with E-state index in [-0.39, 0.29) is 6.42 Å². The van der Waals surface area contributed by atoms with Crippen LogP contribution in [0, 0.1) is 0 Å². The van der Waals surface area contributed by atoms with E-state index < -0.39 is 5.97 Å². The molecule has 0 unspecified atom stereocenters. The van der Waals surface area contributed by atoms with Crippen molar-refractivity contribution in [2.24, 2.45) is 0 Å². The van der Waals surface area contributed by atoms with Gasteiger partial charge in [0.2, 0.25) is 0 Å². The third kappa shape index (κ3) is 2.79. The van der Waals surface area contributed by atoms with Crippen LogP contribution in [0.1, 0.15) is 16.3 Å². The van der Waals surface area contributed by atoms with Crippen LogP contribution >= 0.6 is 22.7 Å². The number of carbonyl (C=O) groups is 1. The average molecular weight is 301 g/mol. The lowest BCUT2D eigenvalue weighted by Crippen LogP contribution is -1.96. The molecular weight excluding hydrogens is 290 g/mol. The van der Waals surface area contributed by atoms with E-state index in [0.29, 0.717) is 0 Å². The smallest absolute Gasteiger partial charge is 0.307 e. The van der Waals surface area contributed by atoms with Gasteiger partial charge in [0.15, 0.2) is 0 Å². The minimum Gasteiger partial charge on any atom is -0.481 e. The number of fused-ring (bicyclic) bond motifs is 1. The van der Waals surface area contributed by atoms with E-state index in [1.54, 1.807) is 11.3 Å². The molecule has 100 valence electrons. The molecule has 3 aromatic rings. The molecule has 2 heterocycles. The Hall–Kier alpha value is -1.98. The summed E-state index contributed by atoms with van der Waals surface area (Å²) < 4.78 is 1.07. The molecular formula is C15H11NO2S2. The number of nitrogens with zero attached hydrogens (tertiary/aromatic N) is 1. The molecule has 2 aromatic heterocycles. The summed E-state index contributed by atoms with van der Waals surface area (Å²) in [6.45, 7) is 0. The van der Waals surface area contributed by atoms with Crippen molar-refractivity contribution in [2.45, 2.75) is 6.42 Å². The molecule has 0 atom stereocenters. The van der Waals surface area contributed by atoms with Crippen LogP contribution in [0.2, 0.25) is 0 Å². The fraction of sp³-hybridized carbons (Fsp3) is 0.0667. The number of thiazole rings is 1. The monoisotopic (exact) mass is 301 g/mol. The first-order valence-corrected chi connectivity index (χ1v) is 7.74. The van der Waals surface area contributed by atoms with E-state index in [2.05, 4.69) is 4.98 Å². The van der Waals surface area contributed by atoms with Crippen molar-refractivity contribution in [1.29, 1.82) is 0 Å². The van der Waals surface area contributed by atoms with Gasteiger partial charge in [-0.3, -0.25) is 4.79 Å². The number of thiophene rings is 1. The zero-order chi connectivity index (χ0) is 13.9. The van der Waals surface area contributed by atoms with Gasteiger partial charge in [-0.25, -0.2) is 4.98 Å². The molecule has 0 saturated carbocycles. The summed E-state index contributed by atoms with van der Waals surface area (Å²) in [6.07, 6.45) is 1.90. The standard InChI is InChI=1S/C15H11NO2S2/c17-14(18)9-10(8-11-4-3-7-19-11)15-16-12-5-1-2-6-13(12)20-15/h1-8H,9H2,(H,17,18)/b10-8+. The van der Waals surface area contributed by atoms with Crippen molar-refractivity contribution in [3.05, 3.63) is 51.7 Å². The lowest BCUT2D eigenvalue weighted by atomic mass is 10.1. The van der Waals surface area contributed by atoms with Crippen LogP contribution in [-0.4, -0.2) is 16.1 Å². The number of hydrogen-bond acceptors (Lipinski definition) is 4. The number of para-hydroxylation sites is 1. The highest BCUT2D eigenvalue weighted by Crippen LogP contribution is 2.30. The summed E-state index contributed by atoms with van der Waals surface area (Å²) in [6, 6.07) is 11.8. The summed E-state index contributed by atoms with van der Waals surface area (Å²) in [4.78, 5) is 16.6. The molecule has 0 radical (unpaired) electrons. The number of hydrogen-bond donors (Lipinski definition) is 1. The maximum absolute atomic E-state index is 11.1. The van der Waals surface area contributed by atoms with Crippen molar-refractivity contribution in [3.63, 3.8) is 0 Å². The fourth-order valence-corrected chi connectivity index (χ4v) is 3.57. The molecule has 20 heavy (non-hydrogen) atoms. The zero-order valence-corrected chi connectivity index (χ0v) is 12.1. The summed E-state index contributed by atoms with van der Waals surface area (Å²) in [5.74, 6) is -0.841. The number of aliphatic carboxylic acids is 1. The van der Waals surface area contributed by atoms with Gasteiger partial charge in [-0.15, -0.1) is 22.7 Å². The molecule has 0 bridgehead atoms. The molecule has 1 aromatic carbocycles. The first-order valence-electron chi connectivity index (χ1n) is 6.04. The van der Waals surface area contributed by atoms with Gasteiger partial charge in [-0.2, -0.15) is 0 Å². The first-order chi connectivity index (χ1) is 9.72. The Morgan fingerprint density at radius 2 is 2.10 bits per heavy atom. The van der Waals surface area contributed by atoms with Crippen molar-refractivity contribution in [2.75, 3.05) is 0 Å². The molecule has 0 spiro atoms. The van der Waals surface area contributed by atoms with Gasteiger partial charge in [0, 0.05) is 10.5 Å². The SMILES string of the molecule is O=C(O)C/C(=C\c1cccs1)c1nc2ccccc2s1. The van der Waals surface area contributed by atoms with E-state index in [9.17, 15) is 4.79 Å². The van der Waals surface area contributed by atoms with Crippen LogP contribution in [-0.2, 0) is 4.79 Å². The van der Waals surface area contributed by atoms with E-state index >= 15 is 0 Å². The largest absolute Gasteiger partial charge is 0.481 e. The molecule has 0 saturated heterocycles. The van der Waals surface area contributed by atoms with Gasteiger partial charge in [-0.05, 0) is 29.7 Å². The van der Waals surface area contributed by atoms with Gasteiger partial charge in [0.05, 0.1) is 16.6 Å². The second-order valence-corrected chi connectivity index (χ2v) is 6.25. The Bertz CT molecular complexity index is 739. The summed E-state index contributed by atoms with van der Waals surface area (Å²) in [7, 11) is 0. The van der Waals surface area contributed by atoms with Gasteiger partial charge < -0.3 is 5.11 Å². The summed E-state index contributed by atoms with van der Waals surface area (Å²) >= 11 is 3.12. The molecule has 0 aliphatic heterocycles. The Labute approximate surface area is 123 Å². The zero-order valence-electron chi connectivity index (χ0n) is 10.4. The average Bonchev–Trinajstić information content (AvgIpc) is 3.05. The van der Waals surface area contributed by atoms with Crippen molar-refractivity contribution in [3.8, 4) is 0 Å². The topological polar surface area (TPSA) is 50.2 Å². The summed E-state index contributed by atoms with van der Waals surface area (Å²) in [5.41, 5.74) is 1.66. The van der Waals surface area contributed by atoms with Gasteiger partial charge >= 0.3 is 5.97 Å². The molecule has 0 aliphatic carbocycles. The molecule has 3 rings (SSSR count). The Kier molecular flexibility index (Phi) is 3.62. The predicted molar refractivity (Wildman–Crippen MR) is 84.1 cm³/mol. The van der Waals surface area contributed by atoms with Crippen LogP contribution in [0.5, 0.6) is 0 Å². The number of carboxylic acid groups (broad SMARTS) is 1. The number of carboxylic acids is 1. The highest BCUT2D eigenvalue weighted by atomic mass is 32.1. The number of benzene rings is 1. The molecule has 3 nitrogen and oxygen atoms in total. The summed E-state index contributed by atoms with van der Waals surface area (Å²) in [5, 5.41) is 11.8. The van der Waals surface area contributed by atoms with Crippen LogP contribution in [0.3, 0.4) is 0 Å². The Balaban J connectivity index is 2.06. The normalized spacial score (nSPS) is 11.9. The van der Waals surface area contributed by atoms with Gasteiger partial charge in [0.1, 0.15) is 5.01 Å². The molecule has 0 fully saturated rings. The third-order valence-electron chi connectivity index (χ3n) is 2.77. The molecule has 1 N–H and O–H groups in total. The second-order valence-electron chi connectivity index (χ2n) is 4.24. The van der Waals surface area contributed by atoms with E-state index in [0.717, 1.165) is 25.7 Å².